The minimum atomic E-state index is -2.03. The van der Waals surface area contributed by atoms with Crippen molar-refractivity contribution >= 4 is 41.9 Å². The summed E-state index contributed by atoms with van der Waals surface area (Å²) in [5, 5.41) is 13.2. The number of nitrogens with zero attached hydrogens (tertiary/aromatic N) is 3. The first-order valence-electron chi connectivity index (χ1n) is 21.8. The molecule has 0 saturated carbocycles. The van der Waals surface area contributed by atoms with Crippen LogP contribution >= 0.6 is 0 Å². The third-order valence-electron chi connectivity index (χ3n) is 14.1. The number of allylic oxidation sites excluding steroid dienone is 2. The van der Waals surface area contributed by atoms with Gasteiger partial charge in [0.1, 0.15) is 12.8 Å². The van der Waals surface area contributed by atoms with Crippen molar-refractivity contribution in [3.63, 3.8) is 0 Å². The molecule has 2 bridgehead atoms. The molecule has 9 nitrogen and oxygen atoms in total. The first-order valence-corrected chi connectivity index (χ1v) is 31.3. The fraction of sp³-hybridized carbons (Fsp3) is 0.717. The zero-order valence-electron chi connectivity index (χ0n) is 38.8. The van der Waals surface area contributed by atoms with Crippen LogP contribution < -0.4 is 5.32 Å². The Kier molecular flexibility index (Phi) is 13.5. The molecule has 2 aromatic rings. The van der Waals surface area contributed by atoms with Crippen LogP contribution in [0, 0.1) is 16.7 Å². The molecule has 3 heterocycles. The number of fused-ring (bicyclic) bond motifs is 2. The number of nitriles is 1. The highest BCUT2D eigenvalue weighted by Gasteiger charge is 2.57. The fourth-order valence-corrected chi connectivity index (χ4v) is 10.7. The highest BCUT2D eigenvalue weighted by atomic mass is 28.4. The van der Waals surface area contributed by atoms with Gasteiger partial charge in [-0.3, -0.25) is 4.79 Å². The van der Waals surface area contributed by atoms with Crippen LogP contribution in [0.15, 0.2) is 30.5 Å². The van der Waals surface area contributed by atoms with Gasteiger partial charge < -0.3 is 28.2 Å². The zero-order chi connectivity index (χ0) is 43.2. The fourth-order valence-electron chi connectivity index (χ4n) is 7.87. The monoisotopic (exact) mass is 849 g/mol. The van der Waals surface area contributed by atoms with Gasteiger partial charge in [-0.1, -0.05) is 87.2 Å². The van der Waals surface area contributed by atoms with E-state index in [1.165, 1.54) is 11.1 Å². The number of amides is 1. The minimum Gasteiger partial charge on any atom is -0.414 e. The summed E-state index contributed by atoms with van der Waals surface area (Å²) in [7, 11) is -5.35. The topological polar surface area (TPSA) is 108 Å². The molecular formula is C46H76N4O5Si3. The van der Waals surface area contributed by atoms with Crippen molar-refractivity contribution in [3.05, 3.63) is 53.1 Å². The molecule has 1 aromatic carbocycles. The molecule has 1 aromatic heterocycles. The lowest BCUT2D eigenvalue weighted by atomic mass is 9.75. The van der Waals surface area contributed by atoms with E-state index < -0.39 is 24.7 Å². The first-order chi connectivity index (χ1) is 26.6. The van der Waals surface area contributed by atoms with Crippen LogP contribution in [0.4, 0.5) is 5.69 Å². The summed E-state index contributed by atoms with van der Waals surface area (Å²) in [6, 6.07) is 9.75. The maximum Gasteiger partial charge on any atom is 0.291 e. The molecule has 58 heavy (non-hydrogen) atoms. The van der Waals surface area contributed by atoms with Gasteiger partial charge in [0.2, 0.25) is 5.82 Å². The van der Waals surface area contributed by atoms with Crippen molar-refractivity contribution in [2.24, 2.45) is 5.41 Å². The lowest BCUT2D eigenvalue weighted by Crippen LogP contribution is -2.53. The van der Waals surface area contributed by atoms with Crippen LogP contribution in [-0.2, 0) is 25.1 Å². The number of carbonyl (C=O) groups is 1. The van der Waals surface area contributed by atoms with E-state index in [9.17, 15) is 10.1 Å². The van der Waals surface area contributed by atoms with Crippen molar-refractivity contribution in [1.82, 2.24) is 9.55 Å². The molecule has 3 atom stereocenters. The molecule has 322 valence electrons. The second-order valence-corrected chi connectivity index (χ2v) is 38.1. The van der Waals surface area contributed by atoms with Crippen LogP contribution in [-0.4, -0.2) is 71.2 Å². The maximum absolute atomic E-state index is 14.1. The van der Waals surface area contributed by atoms with Crippen molar-refractivity contribution < 1.29 is 23.1 Å². The van der Waals surface area contributed by atoms with Gasteiger partial charge >= 0.3 is 0 Å². The van der Waals surface area contributed by atoms with Gasteiger partial charge in [0.25, 0.3) is 5.91 Å². The number of anilines is 1. The molecule has 1 N–H and O–H groups in total. The number of imidazole rings is 1. The Bertz CT molecular complexity index is 1830. The normalized spacial score (nSPS) is 24.0. The smallest absolute Gasteiger partial charge is 0.291 e. The third kappa shape index (κ3) is 11.1. The SMILES string of the molecule is CC1(C)CC=C(c2cc(C3C[C@@]4(CO[Si](C)(C)C(C)(C)C)CC[C@@](CO[Si](C)(C)C(C)(C)C)(C3)O4)ccc2NC(=O)c2nc(C#N)cn2COCC[Si](C)(C)C)CC1. The average Bonchev–Trinajstić information content (AvgIpc) is 3.65. The van der Waals surface area contributed by atoms with E-state index in [2.05, 4.69) is 142 Å². The Morgan fingerprint density at radius 1 is 0.948 bits per heavy atom. The van der Waals surface area contributed by atoms with E-state index >= 15 is 0 Å². The van der Waals surface area contributed by atoms with Crippen molar-refractivity contribution in [3.8, 4) is 6.07 Å². The highest BCUT2D eigenvalue weighted by Crippen LogP contribution is 2.55. The Hall–Kier alpha value is -2.38. The van der Waals surface area contributed by atoms with Gasteiger partial charge in [0.05, 0.1) is 24.4 Å². The number of hydrogen-bond acceptors (Lipinski definition) is 7. The number of rotatable bonds is 15. The number of benzene rings is 1. The molecule has 1 amide bonds. The van der Waals surface area contributed by atoms with Gasteiger partial charge in [-0.25, -0.2) is 4.98 Å². The van der Waals surface area contributed by atoms with E-state index in [1.54, 1.807) is 10.8 Å². The average molecular weight is 849 g/mol. The van der Waals surface area contributed by atoms with Gasteiger partial charge in [0, 0.05) is 32.1 Å². The summed E-state index contributed by atoms with van der Waals surface area (Å²) < 4.78 is 28.9. The molecule has 0 spiro atoms. The Balaban J connectivity index is 1.49. The molecule has 1 unspecified atom stereocenters. The largest absolute Gasteiger partial charge is 0.414 e. The van der Waals surface area contributed by atoms with E-state index in [-0.39, 0.29) is 56.8 Å². The number of ether oxygens (including phenoxy) is 2. The number of aromatic nitrogens is 2. The lowest BCUT2D eigenvalue weighted by Gasteiger charge is -2.47. The van der Waals surface area contributed by atoms with E-state index in [0.717, 1.165) is 62.2 Å². The highest BCUT2D eigenvalue weighted by molar-refractivity contribution is 6.76. The quantitative estimate of drug-likeness (QED) is 0.140. The standard InChI is InChI=1S/C46H76N4O5Si3/c1-42(2,3)57(12,13)53-31-45-22-23-46(55-45,32-54-58(14,15)43(4,5)6)28-36(27-45)35-16-17-39(38(26-35)34-18-20-44(7,8)21-19-34)49-41(51)40-48-37(29-47)30-50(40)33-52-24-25-56(9,10)11/h16-18,26,30,36H,19-25,27-28,31-33H2,1-15H3,(H,49,51)/t36?,45-,46+. The number of hydrogen-bond donors (Lipinski definition) is 1. The van der Waals surface area contributed by atoms with E-state index in [4.69, 9.17) is 18.3 Å². The van der Waals surface area contributed by atoms with Crippen LogP contribution in [0.25, 0.3) is 5.57 Å². The molecule has 5 rings (SSSR count). The summed E-state index contributed by atoms with van der Waals surface area (Å²) in [4.78, 5) is 18.5. The third-order valence-corrected chi connectivity index (χ3v) is 24.8. The summed E-state index contributed by atoms with van der Waals surface area (Å²) in [5.74, 6) is 0.0529. The van der Waals surface area contributed by atoms with Gasteiger partial charge in [-0.2, -0.15) is 5.26 Å². The van der Waals surface area contributed by atoms with Crippen LogP contribution in [0.5, 0.6) is 0 Å². The summed E-state index contributed by atoms with van der Waals surface area (Å²) in [6.45, 7) is 36.7. The predicted octanol–water partition coefficient (Wildman–Crippen LogP) is 12.1. The molecule has 0 radical (unpaired) electrons. The first kappa shape index (κ1) is 46.7. The molecule has 2 aliphatic heterocycles. The van der Waals surface area contributed by atoms with Crippen molar-refractivity contribution in [2.75, 3.05) is 25.1 Å². The molecular weight excluding hydrogens is 773 g/mol. The Morgan fingerprint density at radius 2 is 1.53 bits per heavy atom. The molecule has 3 aliphatic rings. The second-order valence-electron chi connectivity index (χ2n) is 22.9. The van der Waals surface area contributed by atoms with Crippen molar-refractivity contribution in [1.29, 1.82) is 5.26 Å². The Labute approximate surface area is 354 Å². The second kappa shape index (κ2) is 16.8. The van der Waals surface area contributed by atoms with E-state index in [1.807, 2.05) is 0 Å². The number of nitrogens with one attached hydrogen (secondary N) is 1. The summed E-state index contributed by atoms with van der Waals surface area (Å²) in [5.41, 5.74) is 3.99. The molecule has 1 aliphatic carbocycles. The van der Waals surface area contributed by atoms with Gasteiger partial charge in [-0.15, -0.1) is 0 Å². The van der Waals surface area contributed by atoms with Gasteiger partial charge in [-0.05, 0) is 122 Å². The maximum atomic E-state index is 14.1. The summed E-state index contributed by atoms with van der Waals surface area (Å²) in [6.07, 6.45) is 10.6. The molecule has 2 fully saturated rings. The minimum absolute atomic E-state index is 0.101. The van der Waals surface area contributed by atoms with Crippen molar-refractivity contribution in [2.45, 2.75) is 186 Å². The lowest BCUT2D eigenvalue weighted by molar-refractivity contribution is -0.173. The Morgan fingerprint density at radius 3 is 2.03 bits per heavy atom. The van der Waals surface area contributed by atoms with Crippen LogP contribution in [0.3, 0.4) is 0 Å². The molecule has 2 saturated heterocycles. The van der Waals surface area contributed by atoms with E-state index in [0.29, 0.717) is 19.8 Å². The van der Waals surface area contributed by atoms with Crippen LogP contribution in [0.1, 0.15) is 134 Å². The number of carbonyl (C=O) groups excluding carboxylic acids is 1. The summed E-state index contributed by atoms with van der Waals surface area (Å²) >= 11 is 0. The zero-order valence-corrected chi connectivity index (χ0v) is 41.8. The predicted molar refractivity (Wildman–Crippen MR) is 245 cm³/mol. The molecule has 12 heteroatoms. The van der Waals surface area contributed by atoms with Crippen LogP contribution in [0.2, 0.25) is 61.9 Å². The van der Waals surface area contributed by atoms with Gasteiger partial charge in [0.15, 0.2) is 22.3 Å².